The van der Waals surface area contributed by atoms with E-state index in [9.17, 15) is 0 Å². The summed E-state index contributed by atoms with van der Waals surface area (Å²) in [6.45, 7) is 3.36. The standard InChI is InChI=1S/C18H27NO/c1-2-15-13-18(20-17-11-7-4-8-12-17)14-19(15)16-9-5-3-6-10-16/h3,5-6,9-10,15,17-18H,2,4,7-8,11-14H2,1H3. The highest BCUT2D eigenvalue weighted by molar-refractivity contribution is 5.48. The molecular formula is C18H27NO. The van der Waals surface area contributed by atoms with Gasteiger partial charge in [0.05, 0.1) is 12.2 Å². The Balaban J connectivity index is 1.62. The maximum atomic E-state index is 6.39. The molecule has 1 saturated carbocycles. The third-order valence-electron chi connectivity index (χ3n) is 4.87. The molecule has 110 valence electrons. The zero-order valence-corrected chi connectivity index (χ0v) is 12.6. The molecule has 3 rings (SSSR count). The van der Waals surface area contributed by atoms with E-state index in [-0.39, 0.29) is 0 Å². The van der Waals surface area contributed by atoms with Gasteiger partial charge in [-0.2, -0.15) is 0 Å². The summed E-state index contributed by atoms with van der Waals surface area (Å²) in [5, 5.41) is 0. The second-order valence-corrected chi connectivity index (χ2v) is 6.30. The summed E-state index contributed by atoms with van der Waals surface area (Å²) >= 11 is 0. The van der Waals surface area contributed by atoms with Crippen molar-refractivity contribution in [2.45, 2.75) is 70.1 Å². The van der Waals surface area contributed by atoms with Crippen LogP contribution in [0.1, 0.15) is 51.9 Å². The van der Waals surface area contributed by atoms with Gasteiger partial charge in [-0.3, -0.25) is 0 Å². The highest BCUT2D eigenvalue weighted by Crippen LogP contribution is 2.31. The SMILES string of the molecule is CCC1CC(OC2CCCCC2)CN1c1ccccc1. The first-order valence-corrected chi connectivity index (χ1v) is 8.34. The second kappa shape index (κ2) is 6.62. The summed E-state index contributed by atoms with van der Waals surface area (Å²) in [5.41, 5.74) is 1.36. The van der Waals surface area contributed by atoms with Gasteiger partial charge in [-0.15, -0.1) is 0 Å². The van der Waals surface area contributed by atoms with Crippen LogP contribution in [0.4, 0.5) is 5.69 Å². The predicted molar refractivity (Wildman–Crippen MR) is 84.2 cm³/mol. The molecule has 1 heterocycles. The van der Waals surface area contributed by atoms with Gasteiger partial charge in [0.25, 0.3) is 0 Å². The molecule has 1 saturated heterocycles. The maximum absolute atomic E-state index is 6.39. The Kier molecular flexibility index (Phi) is 4.62. The predicted octanol–water partition coefficient (Wildman–Crippen LogP) is 4.39. The first kappa shape index (κ1) is 13.9. The van der Waals surface area contributed by atoms with Gasteiger partial charge < -0.3 is 9.64 Å². The van der Waals surface area contributed by atoms with Crippen molar-refractivity contribution in [1.82, 2.24) is 0 Å². The molecule has 20 heavy (non-hydrogen) atoms. The smallest absolute Gasteiger partial charge is 0.0773 e. The van der Waals surface area contributed by atoms with Gasteiger partial charge in [0.15, 0.2) is 0 Å². The van der Waals surface area contributed by atoms with Gasteiger partial charge in [0, 0.05) is 18.3 Å². The third kappa shape index (κ3) is 3.17. The lowest BCUT2D eigenvalue weighted by molar-refractivity contribution is -0.0202. The topological polar surface area (TPSA) is 12.5 Å². The number of anilines is 1. The van der Waals surface area contributed by atoms with Crippen LogP contribution in [-0.4, -0.2) is 24.8 Å². The highest BCUT2D eigenvalue weighted by Gasteiger charge is 2.33. The average molecular weight is 273 g/mol. The normalized spacial score (nSPS) is 27.9. The fourth-order valence-electron chi connectivity index (χ4n) is 3.77. The minimum Gasteiger partial charge on any atom is -0.373 e. The lowest BCUT2D eigenvalue weighted by atomic mass is 9.97. The van der Waals surface area contributed by atoms with Crippen LogP contribution in [0, 0.1) is 0 Å². The quantitative estimate of drug-likeness (QED) is 0.806. The van der Waals surface area contributed by atoms with Gasteiger partial charge in [-0.05, 0) is 37.8 Å². The van der Waals surface area contributed by atoms with Gasteiger partial charge in [-0.25, -0.2) is 0 Å². The van der Waals surface area contributed by atoms with Crippen molar-refractivity contribution in [3.63, 3.8) is 0 Å². The third-order valence-corrected chi connectivity index (χ3v) is 4.87. The van der Waals surface area contributed by atoms with E-state index in [2.05, 4.69) is 42.2 Å². The van der Waals surface area contributed by atoms with E-state index in [1.54, 1.807) is 0 Å². The fraction of sp³-hybridized carbons (Fsp3) is 0.667. The van der Waals surface area contributed by atoms with Crippen LogP contribution in [0.3, 0.4) is 0 Å². The van der Waals surface area contributed by atoms with Crippen molar-refractivity contribution in [1.29, 1.82) is 0 Å². The summed E-state index contributed by atoms with van der Waals surface area (Å²) in [6.07, 6.45) is 10.0. The van der Waals surface area contributed by atoms with Crippen LogP contribution in [0.2, 0.25) is 0 Å². The van der Waals surface area contributed by atoms with Crippen molar-refractivity contribution >= 4 is 5.69 Å². The van der Waals surface area contributed by atoms with E-state index in [0.717, 1.165) is 6.54 Å². The van der Waals surface area contributed by atoms with Crippen molar-refractivity contribution in [2.75, 3.05) is 11.4 Å². The number of hydrogen-bond donors (Lipinski definition) is 0. The van der Waals surface area contributed by atoms with Gasteiger partial charge in [0.1, 0.15) is 0 Å². The zero-order valence-electron chi connectivity index (χ0n) is 12.6. The Bertz CT molecular complexity index is 399. The van der Waals surface area contributed by atoms with E-state index >= 15 is 0 Å². The summed E-state index contributed by atoms with van der Waals surface area (Å²) in [5.74, 6) is 0. The first-order valence-electron chi connectivity index (χ1n) is 8.34. The van der Waals surface area contributed by atoms with Crippen LogP contribution in [0.25, 0.3) is 0 Å². The molecule has 2 fully saturated rings. The molecule has 1 aromatic rings. The van der Waals surface area contributed by atoms with Crippen LogP contribution in [0.5, 0.6) is 0 Å². The number of hydrogen-bond acceptors (Lipinski definition) is 2. The molecule has 2 nitrogen and oxygen atoms in total. The fourth-order valence-corrected chi connectivity index (χ4v) is 3.77. The van der Waals surface area contributed by atoms with E-state index < -0.39 is 0 Å². The molecule has 1 aromatic carbocycles. The summed E-state index contributed by atoms with van der Waals surface area (Å²) in [4.78, 5) is 2.55. The molecule has 0 aromatic heterocycles. The molecule has 1 aliphatic heterocycles. The molecule has 2 heteroatoms. The monoisotopic (exact) mass is 273 g/mol. The molecule has 2 atom stereocenters. The Morgan fingerprint density at radius 3 is 2.50 bits per heavy atom. The summed E-state index contributed by atoms with van der Waals surface area (Å²) < 4.78 is 6.39. The number of para-hydroxylation sites is 1. The second-order valence-electron chi connectivity index (χ2n) is 6.30. The summed E-state index contributed by atoms with van der Waals surface area (Å²) in [6, 6.07) is 11.5. The number of benzene rings is 1. The molecule has 0 bridgehead atoms. The lowest BCUT2D eigenvalue weighted by Crippen LogP contribution is -2.30. The molecule has 0 radical (unpaired) electrons. The minimum atomic E-state index is 0.434. The van der Waals surface area contributed by atoms with E-state index in [4.69, 9.17) is 4.74 Å². The van der Waals surface area contributed by atoms with E-state index in [1.807, 2.05) is 0 Å². The van der Waals surface area contributed by atoms with Crippen LogP contribution < -0.4 is 4.90 Å². The lowest BCUT2D eigenvalue weighted by Gasteiger charge is -2.26. The van der Waals surface area contributed by atoms with Gasteiger partial charge in [-0.1, -0.05) is 44.4 Å². The number of ether oxygens (including phenoxy) is 1. The molecule has 0 spiro atoms. The Hall–Kier alpha value is -1.02. The van der Waals surface area contributed by atoms with Crippen molar-refractivity contribution in [2.24, 2.45) is 0 Å². The maximum Gasteiger partial charge on any atom is 0.0773 e. The van der Waals surface area contributed by atoms with E-state index in [0.29, 0.717) is 18.2 Å². The van der Waals surface area contributed by atoms with Crippen molar-refractivity contribution in [3.05, 3.63) is 30.3 Å². The molecule has 2 aliphatic rings. The van der Waals surface area contributed by atoms with Gasteiger partial charge >= 0.3 is 0 Å². The van der Waals surface area contributed by atoms with Crippen LogP contribution in [0.15, 0.2) is 30.3 Å². The Labute approximate surface area is 123 Å². The molecular weight excluding hydrogens is 246 g/mol. The minimum absolute atomic E-state index is 0.434. The van der Waals surface area contributed by atoms with E-state index in [1.165, 1.54) is 50.6 Å². The summed E-state index contributed by atoms with van der Waals surface area (Å²) in [7, 11) is 0. The molecule has 1 aliphatic carbocycles. The van der Waals surface area contributed by atoms with Crippen molar-refractivity contribution in [3.8, 4) is 0 Å². The zero-order chi connectivity index (χ0) is 13.8. The average Bonchev–Trinajstić information content (AvgIpc) is 2.92. The molecule has 0 amide bonds. The number of nitrogens with zero attached hydrogens (tertiary/aromatic N) is 1. The first-order chi connectivity index (χ1) is 9.86. The molecule has 2 unspecified atom stereocenters. The largest absolute Gasteiger partial charge is 0.373 e. The van der Waals surface area contributed by atoms with Crippen molar-refractivity contribution < 1.29 is 4.74 Å². The van der Waals surface area contributed by atoms with Gasteiger partial charge in [0.2, 0.25) is 0 Å². The highest BCUT2D eigenvalue weighted by atomic mass is 16.5. The van der Waals surface area contributed by atoms with Crippen LogP contribution >= 0.6 is 0 Å². The number of rotatable bonds is 4. The Morgan fingerprint density at radius 2 is 1.80 bits per heavy atom. The van der Waals surface area contributed by atoms with Crippen LogP contribution in [-0.2, 0) is 4.74 Å². The molecule has 0 N–H and O–H groups in total. The Morgan fingerprint density at radius 1 is 1.05 bits per heavy atom.